The lowest BCUT2D eigenvalue weighted by molar-refractivity contribution is 0.260. The number of benzene rings is 2. The fraction of sp³-hybridized carbons (Fsp3) is 0.455. The van der Waals surface area contributed by atoms with Crippen molar-refractivity contribution in [1.82, 2.24) is 0 Å². The first kappa shape index (κ1) is 17.4. The van der Waals surface area contributed by atoms with Gasteiger partial charge in [-0.1, -0.05) is 12.1 Å². The molecule has 2 aromatic carbocycles. The highest BCUT2D eigenvalue weighted by Gasteiger charge is 2.26. The maximum atomic E-state index is 6.15. The average Bonchev–Trinajstić information content (AvgIpc) is 3.45. The van der Waals surface area contributed by atoms with Gasteiger partial charge in [-0.05, 0) is 62.1 Å². The molecule has 2 unspecified atom stereocenters. The van der Waals surface area contributed by atoms with E-state index in [0.717, 1.165) is 35.8 Å². The Kier molecular flexibility index (Phi) is 4.63. The molecule has 4 heteroatoms. The largest absolute Gasteiger partial charge is 0.490 e. The summed E-state index contributed by atoms with van der Waals surface area (Å²) in [6.45, 7) is 11.2. The van der Waals surface area contributed by atoms with Gasteiger partial charge in [0.25, 0.3) is 0 Å². The van der Waals surface area contributed by atoms with Gasteiger partial charge in [0.15, 0.2) is 0 Å². The number of hydrogen-bond acceptors (Lipinski definition) is 4. The predicted octanol–water partition coefficient (Wildman–Crippen LogP) is 4.14. The Labute approximate surface area is 155 Å². The van der Waals surface area contributed by atoms with E-state index in [1.807, 2.05) is 0 Å². The zero-order valence-corrected chi connectivity index (χ0v) is 15.9. The van der Waals surface area contributed by atoms with Gasteiger partial charge in [-0.15, -0.1) is 0 Å². The SMILES string of the molecule is Cc1cc(C)c(-c2c(C)cc(C)cc2OCC2CO2)c(OCC2CO2)c1. The van der Waals surface area contributed by atoms with E-state index in [-0.39, 0.29) is 12.2 Å². The number of aryl methyl sites for hydroxylation is 4. The molecule has 0 radical (unpaired) electrons. The van der Waals surface area contributed by atoms with Crippen molar-refractivity contribution in [2.24, 2.45) is 0 Å². The van der Waals surface area contributed by atoms with E-state index in [1.165, 1.54) is 22.3 Å². The molecule has 4 nitrogen and oxygen atoms in total. The third-order valence-corrected chi connectivity index (χ3v) is 4.79. The van der Waals surface area contributed by atoms with Gasteiger partial charge in [-0.2, -0.15) is 0 Å². The highest BCUT2D eigenvalue weighted by Crippen LogP contribution is 2.42. The molecule has 26 heavy (non-hydrogen) atoms. The molecule has 4 rings (SSSR count). The van der Waals surface area contributed by atoms with E-state index in [9.17, 15) is 0 Å². The molecule has 0 bridgehead atoms. The first-order chi connectivity index (χ1) is 12.5. The van der Waals surface area contributed by atoms with Crippen LogP contribution < -0.4 is 9.47 Å². The van der Waals surface area contributed by atoms with Crippen molar-refractivity contribution in [3.8, 4) is 22.6 Å². The second-order valence-electron chi connectivity index (χ2n) is 7.44. The smallest absolute Gasteiger partial charge is 0.127 e. The lowest BCUT2D eigenvalue weighted by Gasteiger charge is -2.20. The van der Waals surface area contributed by atoms with Crippen LogP contribution in [0.5, 0.6) is 11.5 Å². The van der Waals surface area contributed by atoms with E-state index in [0.29, 0.717) is 13.2 Å². The van der Waals surface area contributed by atoms with Crippen molar-refractivity contribution in [1.29, 1.82) is 0 Å². The first-order valence-electron chi connectivity index (χ1n) is 9.23. The molecule has 2 aromatic rings. The van der Waals surface area contributed by atoms with Crippen LogP contribution in [0.3, 0.4) is 0 Å². The molecule has 0 amide bonds. The van der Waals surface area contributed by atoms with E-state index in [2.05, 4.69) is 52.0 Å². The molecular formula is C22H26O4. The monoisotopic (exact) mass is 354 g/mol. The molecule has 0 saturated carbocycles. The average molecular weight is 354 g/mol. The zero-order valence-electron chi connectivity index (χ0n) is 15.9. The standard InChI is InChI=1S/C22H26O4/c1-13-5-15(3)21(19(7-13)25-11-17-9-23-17)22-16(4)6-14(2)8-20(22)26-12-18-10-24-18/h5-8,17-18H,9-12H2,1-4H3. The molecule has 2 atom stereocenters. The van der Waals surface area contributed by atoms with Gasteiger partial charge in [-0.25, -0.2) is 0 Å². The Hall–Kier alpha value is -2.04. The van der Waals surface area contributed by atoms with Crippen LogP contribution in [-0.2, 0) is 9.47 Å². The minimum absolute atomic E-state index is 0.227. The molecule has 0 spiro atoms. The van der Waals surface area contributed by atoms with Crippen molar-refractivity contribution in [2.75, 3.05) is 26.4 Å². The molecule has 138 valence electrons. The maximum Gasteiger partial charge on any atom is 0.127 e. The third-order valence-electron chi connectivity index (χ3n) is 4.79. The quantitative estimate of drug-likeness (QED) is 0.701. The van der Waals surface area contributed by atoms with Crippen LogP contribution in [0.4, 0.5) is 0 Å². The second-order valence-corrected chi connectivity index (χ2v) is 7.44. The van der Waals surface area contributed by atoms with Gasteiger partial charge in [0.1, 0.15) is 36.9 Å². The van der Waals surface area contributed by atoms with E-state index in [1.54, 1.807) is 0 Å². The van der Waals surface area contributed by atoms with Crippen LogP contribution in [0.2, 0.25) is 0 Å². The summed E-state index contributed by atoms with van der Waals surface area (Å²) in [5, 5.41) is 0. The van der Waals surface area contributed by atoms with Crippen molar-refractivity contribution in [3.05, 3.63) is 46.5 Å². The summed E-state index contributed by atoms with van der Waals surface area (Å²) in [6, 6.07) is 8.61. The molecule has 2 heterocycles. The Balaban J connectivity index is 1.77. The summed E-state index contributed by atoms with van der Waals surface area (Å²) in [5.41, 5.74) is 6.99. The normalized spacial score (nSPS) is 20.8. The molecule has 0 N–H and O–H groups in total. The summed E-state index contributed by atoms with van der Waals surface area (Å²) in [4.78, 5) is 0. The van der Waals surface area contributed by atoms with Gasteiger partial charge in [0.2, 0.25) is 0 Å². The molecule has 0 aromatic heterocycles. The van der Waals surface area contributed by atoms with E-state index < -0.39 is 0 Å². The summed E-state index contributed by atoms with van der Waals surface area (Å²) < 4.78 is 22.9. The molecule has 2 aliphatic rings. The molecule has 2 aliphatic heterocycles. The highest BCUT2D eigenvalue weighted by molar-refractivity contribution is 5.82. The topological polar surface area (TPSA) is 43.5 Å². The summed E-state index contributed by atoms with van der Waals surface area (Å²) in [5.74, 6) is 1.80. The van der Waals surface area contributed by atoms with Crippen LogP contribution in [0, 0.1) is 27.7 Å². The first-order valence-corrected chi connectivity index (χ1v) is 9.23. The van der Waals surface area contributed by atoms with Crippen LogP contribution >= 0.6 is 0 Å². The fourth-order valence-corrected chi connectivity index (χ4v) is 3.42. The number of ether oxygens (including phenoxy) is 4. The lowest BCUT2D eigenvalue weighted by Crippen LogP contribution is -2.08. The second kappa shape index (κ2) is 6.93. The predicted molar refractivity (Wildman–Crippen MR) is 101 cm³/mol. The minimum atomic E-state index is 0.227. The van der Waals surface area contributed by atoms with Crippen LogP contribution in [0.15, 0.2) is 24.3 Å². The fourth-order valence-electron chi connectivity index (χ4n) is 3.42. The van der Waals surface area contributed by atoms with Crippen LogP contribution in [0.25, 0.3) is 11.1 Å². The highest BCUT2D eigenvalue weighted by atomic mass is 16.6. The Morgan fingerprint density at radius 3 is 1.46 bits per heavy atom. The molecule has 2 fully saturated rings. The molecule has 2 saturated heterocycles. The van der Waals surface area contributed by atoms with Crippen molar-refractivity contribution >= 4 is 0 Å². The van der Waals surface area contributed by atoms with Crippen LogP contribution in [-0.4, -0.2) is 38.6 Å². The van der Waals surface area contributed by atoms with Gasteiger partial charge in [-0.3, -0.25) is 0 Å². The third kappa shape index (κ3) is 3.87. The van der Waals surface area contributed by atoms with Crippen molar-refractivity contribution < 1.29 is 18.9 Å². The van der Waals surface area contributed by atoms with Crippen molar-refractivity contribution in [3.63, 3.8) is 0 Å². The van der Waals surface area contributed by atoms with Gasteiger partial charge < -0.3 is 18.9 Å². The number of rotatable bonds is 7. The summed E-state index contributed by atoms with van der Waals surface area (Å²) in [6.07, 6.45) is 0.455. The Morgan fingerprint density at radius 2 is 1.12 bits per heavy atom. The summed E-state index contributed by atoms with van der Waals surface area (Å²) >= 11 is 0. The van der Waals surface area contributed by atoms with Gasteiger partial charge in [0.05, 0.1) is 13.2 Å². The van der Waals surface area contributed by atoms with Gasteiger partial charge in [0, 0.05) is 11.1 Å². The Bertz CT molecular complexity index is 750. The summed E-state index contributed by atoms with van der Waals surface area (Å²) in [7, 11) is 0. The van der Waals surface area contributed by atoms with E-state index >= 15 is 0 Å². The molecule has 0 aliphatic carbocycles. The van der Waals surface area contributed by atoms with E-state index in [4.69, 9.17) is 18.9 Å². The lowest BCUT2D eigenvalue weighted by atomic mass is 9.92. The Morgan fingerprint density at radius 1 is 0.731 bits per heavy atom. The zero-order chi connectivity index (χ0) is 18.3. The van der Waals surface area contributed by atoms with Crippen molar-refractivity contribution in [2.45, 2.75) is 39.9 Å². The number of epoxide rings is 2. The molecular weight excluding hydrogens is 328 g/mol. The maximum absolute atomic E-state index is 6.15. The minimum Gasteiger partial charge on any atom is -0.490 e. The number of hydrogen-bond donors (Lipinski definition) is 0. The van der Waals surface area contributed by atoms with Gasteiger partial charge >= 0.3 is 0 Å². The van der Waals surface area contributed by atoms with Crippen LogP contribution in [0.1, 0.15) is 22.3 Å².